The Balaban J connectivity index is 3.43. The van der Waals surface area contributed by atoms with Crippen molar-refractivity contribution in [1.82, 2.24) is 0 Å². The molecule has 1 aromatic heterocycles. The van der Waals surface area contributed by atoms with Gasteiger partial charge in [-0.25, -0.2) is 0 Å². The zero-order valence-electron chi connectivity index (χ0n) is 4.88. The van der Waals surface area contributed by atoms with Gasteiger partial charge in [0.2, 0.25) is 0 Å². The molecule has 0 aliphatic carbocycles. The molecule has 0 N–H and O–H groups in total. The fraction of sp³-hybridized carbons (Fsp3) is 0.167. The summed E-state index contributed by atoms with van der Waals surface area (Å²) in [7, 11) is 0. The average Bonchev–Trinajstić information content (AvgIpc) is 1.83. The molecule has 1 nitrogen and oxygen atoms in total. The van der Waals surface area contributed by atoms with E-state index in [1.54, 1.807) is 6.26 Å². The summed E-state index contributed by atoms with van der Waals surface area (Å²) in [6.45, 7) is 1.92. The van der Waals surface area contributed by atoms with Crippen LogP contribution in [0.4, 0.5) is 0 Å². The summed E-state index contributed by atoms with van der Waals surface area (Å²) in [4.78, 5) is 0. The van der Waals surface area contributed by atoms with Gasteiger partial charge in [0.1, 0.15) is 0 Å². The first-order chi connectivity index (χ1) is 4.22. The zero-order valence-corrected chi connectivity index (χ0v) is 8.31. The minimum absolute atomic E-state index is 0.922. The number of hydrogen-bond acceptors (Lipinski definition) is 1. The van der Waals surface area contributed by atoms with Gasteiger partial charge in [-0.05, 0) is 0 Å². The van der Waals surface area contributed by atoms with Crippen LogP contribution in [0.3, 0.4) is 0 Å². The monoisotopic (exact) mass is 253 g/mol. The van der Waals surface area contributed by atoms with Crippen LogP contribution in [0.25, 0.3) is 0 Å². The Morgan fingerprint density at radius 2 is 2.33 bits per heavy atom. The molecule has 1 rings (SSSR count). The minimum atomic E-state index is 0.922. The molecule has 0 aliphatic rings. The van der Waals surface area contributed by atoms with E-state index in [2.05, 4.69) is 31.6 Å². The van der Waals surface area contributed by atoms with Crippen LogP contribution < -0.4 is 4.46 Å². The van der Waals surface area contributed by atoms with Gasteiger partial charge >= 0.3 is 69.5 Å². The van der Waals surface area contributed by atoms with Gasteiger partial charge in [-0.15, -0.1) is 0 Å². The third-order valence-electron chi connectivity index (χ3n) is 1.01. The van der Waals surface area contributed by atoms with Crippen molar-refractivity contribution >= 4 is 36.1 Å². The van der Waals surface area contributed by atoms with Gasteiger partial charge in [-0.3, -0.25) is 0 Å². The van der Waals surface area contributed by atoms with E-state index < -0.39 is 0 Å². The molecule has 0 fully saturated rings. The molecule has 0 aliphatic heterocycles. The molecule has 0 amide bonds. The molecule has 48 valence electrons. The Hall–Kier alpha value is 0.189. The van der Waals surface area contributed by atoms with E-state index in [1.165, 1.54) is 0 Å². The number of aryl methyl sites for hydroxylation is 1. The Bertz CT molecular complexity index is 264. The normalized spacial score (nSPS) is 9.44. The first-order valence-electron chi connectivity index (χ1n) is 2.47. The Kier molecular flexibility index (Phi) is 2.31. The van der Waals surface area contributed by atoms with Gasteiger partial charge in [0.25, 0.3) is 0 Å². The Morgan fingerprint density at radius 3 is 2.78 bits per heavy atom. The molecule has 0 saturated carbocycles. The molecule has 0 unspecified atom stereocenters. The van der Waals surface area contributed by atoms with Crippen molar-refractivity contribution in [2.45, 2.75) is 6.92 Å². The summed E-state index contributed by atoms with van der Waals surface area (Å²) in [5.41, 5.74) is 0. The quantitative estimate of drug-likeness (QED) is 0.595. The fourth-order valence-electron chi connectivity index (χ4n) is 0.501. The first-order valence-corrected chi connectivity index (χ1v) is 4.18. The van der Waals surface area contributed by atoms with E-state index >= 15 is 0 Å². The number of rotatable bonds is 0. The first kappa shape index (κ1) is 7.30. The van der Waals surface area contributed by atoms with Crippen LogP contribution in [0.2, 0.25) is 0 Å². The zero-order chi connectivity index (χ0) is 6.85. The van der Waals surface area contributed by atoms with Crippen molar-refractivity contribution in [3.8, 4) is 0 Å². The van der Waals surface area contributed by atoms with Crippen molar-refractivity contribution in [1.29, 1.82) is 0 Å². The summed E-state index contributed by atoms with van der Waals surface area (Å²) in [6.07, 6.45) is 1.67. The van der Waals surface area contributed by atoms with Crippen LogP contribution in [0.1, 0.15) is 5.76 Å². The van der Waals surface area contributed by atoms with Crippen molar-refractivity contribution in [3.05, 3.63) is 22.2 Å². The fourth-order valence-corrected chi connectivity index (χ4v) is 1.16. The summed E-state index contributed by atoms with van der Waals surface area (Å²) < 4.78 is 7.26. The third kappa shape index (κ3) is 1.56. The van der Waals surface area contributed by atoms with Crippen molar-refractivity contribution in [2.75, 3.05) is 0 Å². The van der Waals surface area contributed by atoms with E-state index in [0.29, 0.717) is 0 Å². The van der Waals surface area contributed by atoms with Gasteiger partial charge in [0, 0.05) is 0 Å². The van der Waals surface area contributed by atoms with Gasteiger partial charge < -0.3 is 0 Å². The van der Waals surface area contributed by atoms with Crippen LogP contribution in [0.15, 0.2) is 16.7 Å². The standard InChI is InChI=1S/C6H6OSe2/c1-4-6(9)5(8)2-3-7-4/h2-3,9H,1H3/p-1. The molecular weight excluding hydrogens is 246 g/mol. The predicted octanol–water partition coefficient (Wildman–Crippen LogP) is 0.0823. The van der Waals surface area contributed by atoms with Crippen LogP contribution in [0, 0.1) is 11.0 Å². The van der Waals surface area contributed by atoms with Gasteiger partial charge in [-0.2, -0.15) is 0 Å². The Labute approximate surface area is 69.6 Å². The molecule has 0 bridgehead atoms. The van der Waals surface area contributed by atoms with Crippen LogP contribution in [-0.4, -0.2) is 31.6 Å². The van der Waals surface area contributed by atoms with Gasteiger partial charge in [-0.1, -0.05) is 0 Å². The van der Waals surface area contributed by atoms with Crippen molar-refractivity contribution in [3.63, 3.8) is 0 Å². The van der Waals surface area contributed by atoms with Gasteiger partial charge in [0.15, 0.2) is 0 Å². The molecule has 0 radical (unpaired) electrons. The summed E-state index contributed by atoms with van der Waals surface area (Å²) >= 11 is 5.83. The Morgan fingerprint density at radius 1 is 1.67 bits per heavy atom. The van der Waals surface area contributed by atoms with Crippen molar-refractivity contribution < 1.29 is 4.42 Å². The molecule has 9 heavy (non-hydrogen) atoms. The molecule has 1 heterocycles. The maximum absolute atomic E-state index is 5.09. The van der Waals surface area contributed by atoms with E-state index in [4.69, 9.17) is 4.42 Å². The van der Waals surface area contributed by atoms with Crippen molar-refractivity contribution in [2.24, 2.45) is 0 Å². The molecule has 0 spiro atoms. The second-order valence-electron chi connectivity index (χ2n) is 1.67. The third-order valence-corrected chi connectivity index (χ3v) is 3.44. The van der Waals surface area contributed by atoms with Crippen LogP contribution >= 0.6 is 0 Å². The second-order valence-corrected chi connectivity index (χ2v) is 3.45. The van der Waals surface area contributed by atoms with Crippen LogP contribution in [-0.2, 0) is 0 Å². The van der Waals surface area contributed by atoms with E-state index in [-0.39, 0.29) is 0 Å². The summed E-state index contributed by atoms with van der Waals surface area (Å²) in [5, 5.41) is 0. The van der Waals surface area contributed by atoms with E-state index in [1.807, 2.05) is 13.0 Å². The maximum atomic E-state index is 5.09. The molecular formula is C6H5OSe2-. The molecule has 0 atom stereocenters. The molecule has 0 saturated heterocycles. The predicted molar refractivity (Wildman–Crippen MR) is 37.8 cm³/mol. The molecule has 1 aromatic rings. The topological polar surface area (TPSA) is 13.1 Å². The van der Waals surface area contributed by atoms with E-state index in [9.17, 15) is 0 Å². The molecule has 0 aromatic carbocycles. The van der Waals surface area contributed by atoms with E-state index in [0.717, 1.165) is 14.3 Å². The summed E-state index contributed by atoms with van der Waals surface area (Å²) in [6, 6.07) is 1.89. The van der Waals surface area contributed by atoms with Gasteiger partial charge in [0.05, 0.1) is 0 Å². The SMILES string of the molecule is Cc1occc(=[Se])c1[Se-]. The van der Waals surface area contributed by atoms with Crippen LogP contribution in [0.5, 0.6) is 0 Å². The number of hydrogen-bond donors (Lipinski definition) is 0. The summed E-state index contributed by atoms with van der Waals surface area (Å²) in [5.74, 6) is 0.922. The molecule has 3 heteroatoms. The second kappa shape index (κ2) is 2.85. The average molecular weight is 251 g/mol.